The quantitative estimate of drug-likeness (QED) is 0.745. The third-order valence-electron chi connectivity index (χ3n) is 4.55. The van der Waals surface area contributed by atoms with Crippen molar-refractivity contribution in [2.24, 2.45) is 23.2 Å². The van der Waals surface area contributed by atoms with Gasteiger partial charge in [0, 0.05) is 19.5 Å². The summed E-state index contributed by atoms with van der Waals surface area (Å²) in [6.07, 6.45) is 3.07. The van der Waals surface area contributed by atoms with E-state index in [4.69, 9.17) is 0 Å². The maximum Gasteiger partial charge on any atom is 0.222 e. The minimum Gasteiger partial charge on any atom is -0.343 e. The molecular formula is C16H31NO. The van der Waals surface area contributed by atoms with Crippen LogP contribution in [0.5, 0.6) is 0 Å². The van der Waals surface area contributed by atoms with Gasteiger partial charge in [0.2, 0.25) is 5.91 Å². The van der Waals surface area contributed by atoms with E-state index in [0.29, 0.717) is 23.7 Å². The summed E-state index contributed by atoms with van der Waals surface area (Å²) in [4.78, 5) is 14.1. The molecule has 0 N–H and O–H groups in total. The molecule has 0 aliphatic carbocycles. The van der Waals surface area contributed by atoms with Gasteiger partial charge in [0.15, 0.2) is 0 Å². The first kappa shape index (κ1) is 15.5. The van der Waals surface area contributed by atoms with Gasteiger partial charge in [-0.25, -0.2) is 0 Å². The van der Waals surface area contributed by atoms with Crippen LogP contribution in [0.15, 0.2) is 0 Å². The maximum atomic E-state index is 12.0. The summed E-state index contributed by atoms with van der Waals surface area (Å²) >= 11 is 0. The molecule has 0 unspecified atom stereocenters. The molecule has 1 aliphatic heterocycles. The molecule has 2 heteroatoms. The fraction of sp³-hybridized carbons (Fsp3) is 0.938. The molecule has 1 amide bonds. The molecule has 0 aromatic carbocycles. The largest absolute Gasteiger partial charge is 0.343 e. The molecule has 0 bridgehead atoms. The minimum atomic E-state index is 0.354. The van der Waals surface area contributed by atoms with Crippen LogP contribution in [0.1, 0.15) is 60.8 Å². The van der Waals surface area contributed by atoms with Gasteiger partial charge in [-0.2, -0.15) is 0 Å². The molecule has 0 saturated carbocycles. The zero-order valence-corrected chi connectivity index (χ0v) is 13.1. The van der Waals surface area contributed by atoms with E-state index in [1.54, 1.807) is 0 Å². The Hall–Kier alpha value is -0.530. The van der Waals surface area contributed by atoms with E-state index in [1.165, 1.54) is 12.8 Å². The highest BCUT2D eigenvalue weighted by atomic mass is 16.2. The molecule has 1 heterocycles. The fourth-order valence-corrected chi connectivity index (χ4v) is 2.83. The monoisotopic (exact) mass is 253 g/mol. The lowest BCUT2D eigenvalue weighted by molar-refractivity contribution is -0.133. The van der Waals surface area contributed by atoms with Gasteiger partial charge < -0.3 is 4.90 Å². The Morgan fingerprint density at radius 1 is 1.17 bits per heavy atom. The molecule has 106 valence electrons. The molecule has 0 aromatic rings. The molecule has 1 fully saturated rings. The number of nitrogens with zero attached hydrogens (tertiary/aromatic N) is 1. The summed E-state index contributed by atoms with van der Waals surface area (Å²) in [6.45, 7) is 15.5. The second kappa shape index (κ2) is 6.08. The van der Waals surface area contributed by atoms with Crippen molar-refractivity contribution in [3.63, 3.8) is 0 Å². The number of hydrogen-bond acceptors (Lipinski definition) is 1. The highest BCUT2D eigenvalue weighted by molar-refractivity contribution is 5.76. The van der Waals surface area contributed by atoms with Crippen molar-refractivity contribution in [1.82, 2.24) is 4.90 Å². The van der Waals surface area contributed by atoms with Crippen molar-refractivity contribution >= 4 is 5.91 Å². The zero-order valence-electron chi connectivity index (χ0n) is 13.1. The molecule has 18 heavy (non-hydrogen) atoms. The van der Waals surface area contributed by atoms with E-state index in [-0.39, 0.29) is 0 Å². The molecule has 1 aliphatic rings. The summed E-state index contributed by atoms with van der Waals surface area (Å²) in [7, 11) is 0. The first-order valence-electron chi connectivity index (χ1n) is 7.49. The normalized spacial score (nSPS) is 20.3. The summed E-state index contributed by atoms with van der Waals surface area (Å²) in [5.74, 6) is 2.35. The summed E-state index contributed by atoms with van der Waals surface area (Å²) in [5.41, 5.74) is 0.384. The topological polar surface area (TPSA) is 20.3 Å². The standard InChI is InChI=1S/C16H31NO/c1-12(2)11-15(18)17-9-7-14(8-10-17)13(3)16(4,5)6/h12-14H,7-11H2,1-6H3/t13-/m1/s1. The van der Waals surface area contributed by atoms with Crippen molar-refractivity contribution in [3.05, 3.63) is 0 Å². The molecule has 0 aromatic heterocycles. The van der Waals surface area contributed by atoms with E-state index >= 15 is 0 Å². The first-order chi connectivity index (χ1) is 8.21. The van der Waals surface area contributed by atoms with E-state index in [0.717, 1.165) is 24.9 Å². The lowest BCUT2D eigenvalue weighted by Crippen LogP contribution is -2.41. The van der Waals surface area contributed by atoms with Crippen LogP contribution in [0.25, 0.3) is 0 Å². The lowest BCUT2D eigenvalue weighted by Gasteiger charge is -2.40. The number of rotatable bonds is 3. The highest BCUT2D eigenvalue weighted by Crippen LogP contribution is 2.37. The third-order valence-corrected chi connectivity index (χ3v) is 4.55. The molecule has 2 nitrogen and oxygen atoms in total. The Kier molecular flexibility index (Phi) is 5.24. The predicted molar refractivity (Wildman–Crippen MR) is 77.4 cm³/mol. The number of carbonyl (C=O) groups is 1. The summed E-state index contributed by atoms with van der Waals surface area (Å²) in [5, 5.41) is 0. The van der Waals surface area contributed by atoms with Crippen molar-refractivity contribution in [2.75, 3.05) is 13.1 Å². The third kappa shape index (κ3) is 4.29. The van der Waals surface area contributed by atoms with Crippen LogP contribution in [0, 0.1) is 23.2 Å². The van der Waals surface area contributed by atoms with Gasteiger partial charge in [0.25, 0.3) is 0 Å². The van der Waals surface area contributed by atoms with Gasteiger partial charge >= 0.3 is 0 Å². The summed E-state index contributed by atoms with van der Waals surface area (Å²) in [6, 6.07) is 0. The van der Waals surface area contributed by atoms with Gasteiger partial charge in [-0.3, -0.25) is 4.79 Å². The molecule has 0 radical (unpaired) electrons. The average molecular weight is 253 g/mol. The van der Waals surface area contributed by atoms with Gasteiger partial charge in [-0.15, -0.1) is 0 Å². The van der Waals surface area contributed by atoms with Gasteiger partial charge in [-0.05, 0) is 36.0 Å². The van der Waals surface area contributed by atoms with Crippen LogP contribution >= 0.6 is 0 Å². The smallest absolute Gasteiger partial charge is 0.222 e. The van der Waals surface area contributed by atoms with Crippen LogP contribution in [0.3, 0.4) is 0 Å². The number of amides is 1. The van der Waals surface area contributed by atoms with Crippen LogP contribution in [0.2, 0.25) is 0 Å². The second-order valence-corrected chi connectivity index (χ2v) is 7.47. The SMILES string of the molecule is CC(C)CC(=O)N1CCC([C@@H](C)C(C)(C)C)CC1. The van der Waals surface area contributed by atoms with Crippen molar-refractivity contribution < 1.29 is 4.79 Å². The molecule has 1 saturated heterocycles. The molecule has 1 rings (SSSR count). The first-order valence-corrected chi connectivity index (χ1v) is 7.49. The number of likely N-dealkylation sites (tertiary alicyclic amines) is 1. The lowest BCUT2D eigenvalue weighted by atomic mass is 9.71. The molecule has 1 atom stereocenters. The Morgan fingerprint density at radius 2 is 1.67 bits per heavy atom. The van der Waals surface area contributed by atoms with Gasteiger partial charge in [-0.1, -0.05) is 41.5 Å². The van der Waals surface area contributed by atoms with E-state index < -0.39 is 0 Å². The van der Waals surface area contributed by atoms with E-state index in [2.05, 4.69) is 46.4 Å². The van der Waals surface area contributed by atoms with Crippen LogP contribution in [-0.2, 0) is 4.79 Å². The Balaban J connectivity index is 2.44. The Labute approximate surface area is 113 Å². The van der Waals surface area contributed by atoms with Gasteiger partial charge in [0.1, 0.15) is 0 Å². The van der Waals surface area contributed by atoms with Crippen LogP contribution in [0.4, 0.5) is 0 Å². The van der Waals surface area contributed by atoms with E-state index in [9.17, 15) is 4.79 Å². The van der Waals surface area contributed by atoms with Crippen LogP contribution in [-0.4, -0.2) is 23.9 Å². The minimum absolute atomic E-state index is 0.354. The fourth-order valence-electron chi connectivity index (χ4n) is 2.83. The Bertz CT molecular complexity index is 269. The molecular weight excluding hydrogens is 222 g/mol. The van der Waals surface area contributed by atoms with Crippen molar-refractivity contribution in [3.8, 4) is 0 Å². The second-order valence-electron chi connectivity index (χ2n) is 7.47. The summed E-state index contributed by atoms with van der Waals surface area (Å²) < 4.78 is 0. The Morgan fingerprint density at radius 3 is 2.06 bits per heavy atom. The number of hydrogen-bond donors (Lipinski definition) is 0. The van der Waals surface area contributed by atoms with Crippen molar-refractivity contribution in [1.29, 1.82) is 0 Å². The average Bonchev–Trinajstić information content (AvgIpc) is 2.26. The van der Waals surface area contributed by atoms with E-state index in [1.807, 2.05) is 0 Å². The molecule has 0 spiro atoms. The van der Waals surface area contributed by atoms with Crippen molar-refractivity contribution in [2.45, 2.75) is 60.8 Å². The van der Waals surface area contributed by atoms with Crippen LogP contribution < -0.4 is 0 Å². The highest BCUT2D eigenvalue weighted by Gasteiger charge is 2.32. The zero-order chi connectivity index (χ0) is 13.9. The predicted octanol–water partition coefficient (Wildman–Crippen LogP) is 3.95. The number of carbonyl (C=O) groups excluding carboxylic acids is 1. The number of piperidine rings is 1. The maximum absolute atomic E-state index is 12.0. The van der Waals surface area contributed by atoms with Gasteiger partial charge in [0.05, 0.1) is 0 Å².